The predicted molar refractivity (Wildman–Crippen MR) is 104 cm³/mol. The Bertz CT molecular complexity index is 1150. The summed E-state index contributed by atoms with van der Waals surface area (Å²) in [5, 5.41) is 0. The molecule has 1 saturated heterocycles. The number of oxazole rings is 1. The molecule has 3 aromatic heterocycles. The van der Waals surface area contributed by atoms with Crippen molar-refractivity contribution in [2.75, 3.05) is 32.0 Å². The summed E-state index contributed by atoms with van der Waals surface area (Å²) < 4.78 is 12.9. The van der Waals surface area contributed by atoms with Gasteiger partial charge in [-0.05, 0) is 35.4 Å². The molecule has 1 aliphatic rings. The number of imidazole rings is 1. The molecule has 4 aromatic rings. The van der Waals surface area contributed by atoms with Crippen LogP contribution in [-0.4, -0.2) is 45.6 Å². The van der Waals surface area contributed by atoms with E-state index in [-0.39, 0.29) is 6.01 Å². The number of pyridine rings is 1. The SMILES string of the molecule is C=C(c1cnc2ccc(-c3ccc4oc(N)nc4c3)cn12)N1CCOCC1. The lowest BCUT2D eigenvalue weighted by molar-refractivity contribution is 0.0639. The van der Waals surface area contributed by atoms with Gasteiger partial charge in [0.15, 0.2) is 5.58 Å². The first-order chi connectivity index (χ1) is 13.2. The summed E-state index contributed by atoms with van der Waals surface area (Å²) >= 11 is 0. The van der Waals surface area contributed by atoms with Crippen LogP contribution in [0.25, 0.3) is 33.6 Å². The van der Waals surface area contributed by atoms with Crippen molar-refractivity contribution in [3.8, 4) is 11.1 Å². The zero-order valence-electron chi connectivity index (χ0n) is 14.8. The van der Waals surface area contributed by atoms with Crippen LogP contribution in [0.15, 0.2) is 53.7 Å². The largest absolute Gasteiger partial charge is 0.424 e. The highest BCUT2D eigenvalue weighted by Gasteiger charge is 2.17. The Morgan fingerprint density at radius 1 is 1.11 bits per heavy atom. The molecule has 4 heterocycles. The average Bonchev–Trinajstić information content (AvgIpc) is 3.29. The molecule has 1 fully saturated rings. The van der Waals surface area contributed by atoms with E-state index in [0.717, 1.165) is 60.0 Å². The third-order valence-electron chi connectivity index (χ3n) is 4.93. The Morgan fingerprint density at radius 2 is 1.93 bits per heavy atom. The first-order valence-electron chi connectivity index (χ1n) is 8.84. The van der Waals surface area contributed by atoms with Gasteiger partial charge in [-0.3, -0.25) is 4.40 Å². The molecule has 1 aromatic carbocycles. The van der Waals surface area contributed by atoms with Crippen LogP contribution in [0.2, 0.25) is 0 Å². The zero-order chi connectivity index (χ0) is 18.4. The number of nitrogen functional groups attached to an aromatic ring is 1. The molecule has 27 heavy (non-hydrogen) atoms. The molecule has 0 atom stereocenters. The van der Waals surface area contributed by atoms with Crippen LogP contribution >= 0.6 is 0 Å². The molecule has 0 unspecified atom stereocenters. The number of nitrogens with zero attached hydrogens (tertiary/aromatic N) is 4. The van der Waals surface area contributed by atoms with Gasteiger partial charge in [0.25, 0.3) is 6.01 Å². The van der Waals surface area contributed by atoms with Crippen LogP contribution in [0.5, 0.6) is 0 Å². The van der Waals surface area contributed by atoms with Crippen LogP contribution in [0.3, 0.4) is 0 Å². The van der Waals surface area contributed by atoms with E-state index in [0.29, 0.717) is 5.58 Å². The fraction of sp³-hybridized carbons (Fsp3) is 0.200. The van der Waals surface area contributed by atoms with Gasteiger partial charge >= 0.3 is 0 Å². The Labute approximate surface area is 155 Å². The van der Waals surface area contributed by atoms with Crippen LogP contribution in [0.1, 0.15) is 5.69 Å². The number of benzene rings is 1. The van der Waals surface area contributed by atoms with E-state index < -0.39 is 0 Å². The molecule has 0 spiro atoms. The number of hydrogen-bond donors (Lipinski definition) is 1. The smallest absolute Gasteiger partial charge is 0.292 e. The number of anilines is 1. The van der Waals surface area contributed by atoms with E-state index in [4.69, 9.17) is 14.9 Å². The molecule has 1 aliphatic heterocycles. The Kier molecular flexibility index (Phi) is 3.61. The highest BCUT2D eigenvalue weighted by molar-refractivity contribution is 5.81. The molecule has 7 heteroatoms. The van der Waals surface area contributed by atoms with Crippen molar-refractivity contribution in [1.29, 1.82) is 0 Å². The summed E-state index contributed by atoms with van der Waals surface area (Å²) in [6, 6.07) is 10.1. The summed E-state index contributed by atoms with van der Waals surface area (Å²) in [4.78, 5) is 11.0. The minimum absolute atomic E-state index is 0.177. The van der Waals surface area contributed by atoms with E-state index >= 15 is 0 Å². The maximum atomic E-state index is 5.65. The van der Waals surface area contributed by atoms with Gasteiger partial charge in [-0.15, -0.1) is 0 Å². The van der Waals surface area contributed by atoms with Gasteiger partial charge in [-0.25, -0.2) is 4.98 Å². The Hall–Kier alpha value is -3.32. The lowest BCUT2D eigenvalue weighted by Crippen LogP contribution is -2.34. The van der Waals surface area contributed by atoms with Gasteiger partial charge in [-0.1, -0.05) is 12.6 Å². The number of aromatic nitrogens is 3. The normalized spacial score (nSPS) is 14.9. The van der Waals surface area contributed by atoms with Gasteiger partial charge in [-0.2, -0.15) is 4.98 Å². The van der Waals surface area contributed by atoms with Crippen LogP contribution < -0.4 is 5.73 Å². The minimum Gasteiger partial charge on any atom is -0.424 e. The lowest BCUT2D eigenvalue weighted by Gasteiger charge is -2.30. The third kappa shape index (κ3) is 2.72. The first-order valence-corrected chi connectivity index (χ1v) is 8.84. The zero-order valence-corrected chi connectivity index (χ0v) is 14.8. The summed E-state index contributed by atoms with van der Waals surface area (Å²) in [5.74, 6) is 0. The molecule has 2 N–H and O–H groups in total. The second-order valence-electron chi connectivity index (χ2n) is 6.57. The van der Waals surface area contributed by atoms with Crippen LogP contribution in [-0.2, 0) is 4.74 Å². The number of morpholine rings is 1. The van der Waals surface area contributed by atoms with Crippen molar-refractivity contribution in [3.05, 3.63) is 55.0 Å². The first kappa shape index (κ1) is 15.9. The van der Waals surface area contributed by atoms with E-state index in [1.54, 1.807) is 0 Å². The van der Waals surface area contributed by atoms with Crippen molar-refractivity contribution < 1.29 is 9.15 Å². The highest BCUT2D eigenvalue weighted by Crippen LogP contribution is 2.27. The van der Waals surface area contributed by atoms with E-state index in [1.165, 1.54) is 0 Å². The number of nitrogens with two attached hydrogens (primary N) is 1. The molecule has 136 valence electrons. The summed E-state index contributed by atoms with van der Waals surface area (Å²) in [6.45, 7) is 7.42. The van der Waals surface area contributed by atoms with Crippen molar-refractivity contribution in [1.82, 2.24) is 19.3 Å². The van der Waals surface area contributed by atoms with Crippen molar-refractivity contribution in [2.45, 2.75) is 0 Å². The Morgan fingerprint density at radius 3 is 2.78 bits per heavy atom. The standard InChI is InChI=1S/C20H19N5O2/c1-13(24-6-8-26-9-7-24)17-11-22-19-5-3-15(12-25(17)19)14-2-4-18-16(10-14)23-20(21)27-18/h2-5,10-12H,1,6-9H2,(H2,21,23). The number of ether oxygens (including phenoxy) is 1. The minimum atomic E-state index is 0.177. The number of rotatable bonds is 3. The fourth-order valence-corrected chi connectivity index (χ4v) is 3.48. The Balaban J connectivity index is 1.56. The molecule has 7 nitrogen and oxygen atoms in total. The molecule has 5 rings (SSSR count). The number of hydrogen-bond acceptors (Lipinski definition) is 6. The van der Waals surface area contributed by atoms with Gasteiger partial charge in [0, 0.05) is 19.3 Å². The van der Waals surface area contributed by atoms with E-state index in [9.17, 15) is 0 Å². The fourth-order valence-electron chi connectivity index (χ4n) is 3.48. The average molecular weight is 361 g/mol. The molecule has 0 radical (unpaired) electrons. The monoisotopic (exact) mass is 361 g/mol. The van der Waals surface area contributed by atoms with Gasteiger partial charge in [0.2, 0.25) is 0 Å². The molecule has 0 saturated carbocycles. The third-order valence-corrected chi connectivity index (χ3v) is 4.93. The maximum absolute atomic E-state index is 5.65. The van der Waals surface area contributed by atoms with Crippen LogP contribution in [0, 0.1) is 0 Å². The quantitative estimate of drug-likeness (QED) is 0.604. The van der Waals surface area contributed by atoms with Gasteiger partial charge < -0.3 is 19.8 Å². The predicted octanol–water partition coefficient (Wildman–Crippen LogP) is 3.03. The summed E-state index contributed by atoms with van der Waals surface area (Å²) in [5.41, 5.74) is 12.0. The van der Waals surface area contributed by atoms with Gasteiger partial charge in [0.05, 0.1) is 30.8 Å². The second kappa shape index (κ2) is 6.14. The number of fused-ring (bicyclic) bond motifs is 2. The van der Waals surface area contributed by atoms with Crippen molar-refractivity contribution in [2.24, 2.45) is 0 Å². The van der Waals surface area contributed by atoms with Crippen molar-refractivity contribution in [3.63, 3.8) is 0 Å². The van der Waals surface area contributed by atoms with Crippen molar-refractivity contribution >= 4 is 28.5 Å². The molecule has 0 amide bonds. The highest BCUT2D eigenvalue weighted by atomic mass is 16.5. The van der Waals surface area contributed by atoms with Crippen LogP contribution in [0.4, 0.5) is 6.01 Å². The lowest BCUT2D eigenvalue weighted by atomic mass is 10.1. The molecule has 0 bridgehead atoms. The molecule has 0 aliphatic carbocycles. The molecular formula is C20H19N5O2. The summed E-state index contributed by atoms with van der Waals surface area (Å²) in [7, 11) is 0. The molecular weight excluding hydrogens is 342 g/mol. The van der Waals surface area contributed by atoms with Gasteiger partial charge in [0.1, 0.15) is 11.2 Å². The van der Waals surface area contributed by atoms with E-state index in [1.807, 2.05) is 36.5 Å². The van der Waals surface area contributed by atoms with E-state index in [2.05, 4.69) is 32.0 Å². The summed E-state index contributed by atoms with van der Waals surface area (Å²) in [6.07, 6.45) is 3.95. The second-order valence-corrected chi connectivity index (χ2v) is 6.57. The maximum Gasteiger partial charge on any atom is 0.292 e. The topological polar surface area (TPSA) is 81.8 Å².